The first-order valence-electron chi connectivity index (χ1n) is 5.92. The van der Waals surface area contributed by atoms with Crippen LogP contribution in [0, 0.1) is 11.8 Å². The van der Waals surface area contributed by atoms with Crippen molar-refractivity contribution in [1.29, 1.82) is 0 Å². The standard InChI is InChI=1S/C16H18O3/c1-12(2)6-5-11-16(3,18)14-9-7-13(8-10-14)15(17)19-4/h7-10,18H,1,11H2,2-4H3. The molecule has 0 saturated heterocycles. The highest BCUT2D eigenvalue weighted by atomic mass is 16.5. The van der Waals surface area contributed by atoms with Crippen LogP contribution >= 0.6 is 0 Å². The zero-order chi connectivity index (χ0) is 14.5. The Hall–Kier alpha value is -2.05. The van der Waals surface area contributed by atoms with Crippen molar-refractivity contribution in [3.63, 3.8) is 0 Å². The molecule has 1 N–H and O–H groups in total. The minimum absolute atomic E-state index is 0.303. The molecule has 0 bridgehead atoms. The van der Waals surface area contributed by atoms with Crippen LogP contribution in [-0.2, 0) is 10.3 Å². The molecule has 0 saturated carbocycles. The fourth-order valence-corrected chi connectivity index (χ4v) is 1.55. The van der Waals surface area contributed by atoms with Crippen molar-refractivity contribution in [3.05, 3.63) is 47.5 Å². The summed E-state index contributed by atoms with van der Waals surface area (Å²) in [7, 11) is 1.33. The molecule has 0 aromatic heterocycles. The molecule has 100 valence electrons. The smallest absolute Gasteiger partial charge is 0.337 e. The molecule has 0 radical (unpaired) electrons. The van der Waals surface area contributed by atoms with Crippen molar-refractivity contribution in [2.45, 2.75) is 25.9 Å². The number of benzene rings is 1. The number of aliphatic hydroxyl groups is 1. The molecular formula is C16H18O3. The monoisotopic (exact) mass is 258 g/mol. The van der Waals surface area contributed by atoms with Crippen LogP contribution in [0.1, 0.15) is 36.2 Å². The van der Waals surface area contributed by atoms with Gasteiger partial charge in [-0.2, -0.15) is 0 Å². The molecule has 1 rings (SSSR count). The molecule has 3 nitrogen and oxygen atoms in total. The van der Waals surface area contributed by atoms with Gasteiger partial charge in [-0.1, -0.05) is 30.6 Å². The topological polar surface area (TPSA) is 46.5 Å². The van der Waals surface area contributed by atoms with Crippen molar-refractivity contribution in [2.24, 2.45) is 0 Å². The van der Waals surface area contributed by atoms with Crippen LogP contribution in [0.5, 0.6) is 0 Å². The normalized spacial score (nSPS) is 12.8. The number of carbonyl (C=O) groups is 1. The first kappa shape index (κ1) is 15.0. The second-order valence-corrected chi connectivity index (χ2v) is 4.60. The predicted molar refractivity (Wildman–Crippen MR) is 74.6 cm³/mol. The average Bonchev–Trinajstić information content (AvgIpc) is 2.37. The zero-order valence-electron chi connectivity index (χ0n) is 11.5. The van der Waals surface area contributed by atoms with Gasteiger partial charge in [0.2, 0.25) is 0 Å². The van der Waals surface area contributed by atoms with Crippen LogP contribution in [0.25, 0.3) is 0 Å². The molecule has 1 aromatic rings. The molecule has 0 aliphatic carbocycles. The Morgan fingerprint density at radius 1 is 1.42 bits per heavy atom. The minimum Gasteiger partial charge on any atom is -0.465 e. The summed E-state index contributed by atoms with van der Waals surface area (Å²) in [5.74, 6) is 5.32. The molecule has 1 aromatic carbocycles. The molecule has 19 heavy (non-hydrogen) atoms. The van der Waals surface area contributed by atoms with Crippen LogP contribution in [0.2, 0.25) is 0 Å². The van der Waals surface area contributed by atoms with E-state index in [0.29, 0.717) is 17.5 Å². The fraction of sp³-hybridized carbons (Fsp3) is 0.312. The summed E-state index contributed by atoms with van der Waals surface area (Å²) in [4.78, 5) is 11.3. The molecule has 1 unspecified atom stereocenters. The fourth-order valence-electron chi connectivity index (χ4n) is 1.55. The van der Waals surface area contributed by atoms with Gasteiger partial charge in [-0.3, -0.25) is 0 Å². The van der Waals surface area contributed by atoms with Crippen LogP contribution < -0.4 is 0 Å². The van der Waals surface area contributed by atoms with Crippen LogP contribution in [-0.4, -0.2) is 18.2 Å². The molecule has 0 heterocycles. The van der Waals surface area contributed by atoms with Gasteiger partial charge in [0.15, 0.2) is 0 Å². The van der Waals surface area contributed by atoms with Gasteiger partial charge in [0.25, 0.3) is 0 Å². The zero-order valence-corrected chi connectivity index (χ0v) is 11.5. The van der Waals surface area contributed by atoms with Crippen molar-refractivity contribution >= 4 is 5.97 Å². The quantitative estimate of drug-likeness (QED) is 0.669. The molecule has 0 aliphatic rings. The number of hydrogen-bond acceptors (Lipinski definition) is 3. The maximum Gasteiger partial charge on any atom is 0.337 e. The molecule has 0 fully saturated rings. The summed E-state index contributed by atoms with van der Waals surface area (Å²) in [5.41, 5.74) is 0.861. The number of ether oxygens (including phenoxy) is 1. The lowest BCUT2D eigenvalue weighted by Gasteiger charge is -2.21. The number of rotatable bonds is 3. The first-order valence-corrected chi connectivity index (χ1v) is 5.92. The van der Waals surface area contributed by atoms with E-state index >= 15 is 0 Å². The van der Waals surface area contributed by atoms with E-state index in [9.17, 15) is 9.90 Å². The highest BCUT2D eigenvalue weighted by molar-refractivity contribution is 5.89. The van der Waals surface area contributed by atoms with Gasteiger partial charge >= 0.3 is 5.97 Å². The van der Waals surface area contributed by atoms with Crippen molar-refractivity contribution in [3.8, 4) is 11.8 Å². The summed E-state index contributed by atoms with van der Waals surface area (Å²) in [6.45, 7) is 7.18. The van der Waals surface area contributed by atoms with E-state index in [1.165, 1.54) is 7.11 Å². The molecule has 0 aliphatic heterocycles. The average molecular weight is 258 g/mol. The van der Waals surface area contributed by atoms with Crippen LogP contribution in [0.4, 0.5) is 0 Å². The van der Waals surface area contributed by atoms with Gasteiger partial charge in [0.05, 0.1) is 18.3 Å². The van der Waals surface area contributed by atoms with Gasteiger partial charge in [-0.15, -0.1) is 0 Å². The van der Waals surface area contributed by atoms with Crippen LogP contribution in [0.3, 0.4) is 0 Å². The third-order valence-electron chi connectivity index (χ3n) is 2.66. The molecule has 0 spiro atoms. The highest BCUT2D eigenvalue weighted by Gasteiger charge is 2.22. The third kappa shape index (κ3) is 4.27. The molecule has 0 amide bonds. The summed E-state index contributed by atoms with van der Waals surface area (Å²) < 4.78 is 4.62. The van der Waals surface area contributed by atoms with E-state index in [4.69, 9.17) is 0 Å². The number of methoxy groups -OCH3 is 1. The van der Waals surface area contributed by atoms with E-state index in [-0.39, 0.29) is 0 Å². The van der Waals surface area contributed by atoms with E-state index in [1.54, 1.807) is 31.2 Å². The lowest BCUT2D eigenvalue weighted by molar-refractivity contribution is 0.0590. The number of hydrogen-bond donors (Lipinski definition) is 1. The minimum atomic E-state index is -1.06. The Morgan fingerprint density at radius 3 is 2.47 bits per heavy atom. The lowest BCUT2D eigenvalue weighted by Crippen LogP contribution is -2.20. The van der Waals surface area contributed by atoms with Crippen molar-refractivity contribution < 1.29 is 14.6 Å². The number of carbonyl (C=O) groups excluding carboxylic acids is 1. The summed E-state index contributed by atoms with van der Waals surface area (Å²) in [6, 6.07) is 6.66. The Bertz CT molecular complexity index is 527. The summed E-state index contributed by atoms with van der Waals surface area (Å²) in [5, 5.41) is 10.3. The third-order valence-corrected chi connectivity index (χ3v) is 2.66. The lowest BCUT2D eigenvalue weighted by atomic mass is 9.92. The summed E-state index contributed by atoms with van der Waals surface area (Å²) >= 11 is 0. The van der Waals surface area contributed by atoms with Gasteiger partial charge < -0.3 is 9.84 Å². The Balaban J connectivity index is 2.88. The Kier molecular flexibility index (Phi) is 4.91. The van der Waals surface area contributed by atoms with Crippen LogP contribution in [0.15, 0.2) is 36.4 Å². The van der Waals surface area contributed by atoms with Gasteiger partial charge in [0, 0.05) is 6.42 Å². The van der Waals surface area contributed by atoms with Gasteiger partial charge in [-0.25, -0.2) is 4.79 Å². The second kappa shape index (κ2) is 6.21. The van der Waals surface area contributed by atoms with E-state index in [1.807, 2.05) is 6.92 Å². The van der Waals surface area contributed by atoms with E-state index in [2.05, 4.69) is 23.2 Å². The van der Waals surface area contributed by atoms with Crippen molar-refractivity contribution in [1.82, 2.24) is 0 Å². The maximum absolute atomic E-state index is 11.3. The van der Waals surface area contributed by atoms with Gasteiger partial charge in [0.1, 0.15) is 0 Å². The Labute approximate surface area is 113 Å². The van der Waals surface area contributed by atoms with E-state index < -0.39 is 11.6 Å². The largest absolute Gasteiger partial charge is 0.465 e. The first-order chi connectivity index (χ1) is 8.86. The molecule has 1 atom stereocenters. The van der Waals surface area contributed by atoms with Gasteiger partial charge in [-0.05, 0) is 37.1 Å². The number of allylic oxidation sites excluding steroid dienone is 1. The maximum atomic E-state index is 11.3. The second-order valence-electron chi connectivity index (χ2n) is 4.60. The Morgan fingerprint density at radius 2 is 2.00 bits per heavy atom. The number of esters is 1. The van der Waals surface area contributed by atoms with E-state index in [0.717, 1.165) is 5.57 Å². The highest BCUT2D eigenvalue weighted by Crippen LogP contribution is 2.24. The van der Waals surface area contributed by atoms with Crippen molar-refractivity contribution in [2.75, 3.05) is 7.11 Å². The molecule has 3 heteroatoms. The summed E-state index contributed by atoms with van der Waals surface area (Å²) in [6.07, 6.45) is 0.303. The predicted octanol–water partition coefficient (Wildman–Crippen LogP) is 2.65. The SMILES string of the molecule is C=C(C)C#CCC(C)(O)c1ccc(C(=O)OC)cc1. The molecular weight excluding hydrogens is 240 g/mol.